The average molecular weight is 275 g/mol. The maximum Gasteiger partial charge on any atom is 0.326 e. The third kappa shape index (κ3) is 7.24. The van der Waals surface area contributed by atoms with E-state index in [1.807, 2.05) is 0 Å². The average Bonchev–Trinajstić information content (AvgIpc) is 2.26. The molecule has 0 bridgehead atoms. The largest absolute Gasteiger partial charge is 0.480 e. The maximum atomic E-state index is 11.6. The Labute approximate surface area is 111 Å². The van der Waals surface area contributed by atoms with Gasteiger partial charge in [-0.1, -0.05) is 0 Å². The summed E-state index contributed by atoms with van der Waals surface area (Å²) >= 11 is 0. The van der Waals surface area contributed by atoms with E-state index in [9.17, 15) is 14.4 Å². The molecule has 0 saturated carbocycles. The Morgan fingerprint density at radius 1 is 1.21 bits per heavy atom. The summed E-state index contributed by atoms with van der Waals surface area (Å²) in [6, 6.07) is -1.89. The predicted molar refractivity (Wildman–Crippen MR) is 67.6 cm³/mol. The lowest BCUT2D eigenvalue weighted by Crippen LogP contribution is -2.49. The Morgan fingerprint density at radius 3 is 2.21 bits per heavy atom. The maximum absolute atomic E-state index is 11.6. The molecule has 0 spiro atoms. The van der Waals surface area contributed by atoms with Gasteiger partial charge in [0.15, 0.2) is 0 Å². The molecule has 0 fully saturated rings. The van der Waals surface area contributed by atoms with Gasteiger partial charge in [0, 0.05) is 26.1 Å². The van der Waals surface area contributed by atoms with Gasteiger partial charge in [-0.2, -0.15) is 0 Å². The van der Waals surface area contributed by atoms with Crippen LogP contribution in [0.5, 0.6) is 0 Å². The fourth-order valence-corrected chi connectivity index (χ4v) is 1.30. The molecule has 0 aromatic heterocycles. The van der Waals surface area contributed by atoms with E-state index in [-0.39, 0.29) is 31.5 Å². The summed E-state index contributed by atoms with van der Waals surface area (Å²) < 4.78 is 0. The summed E-state index contributed by atoms with van der Waals surface area (Å²) in [6.45, 7) is 3.06. The van der Waals surface area contributed by atoms with Crippen LogP contribution in [0.15, 0.2) is 0 Å². The van der Waals surface area contributed by atoms with E-state index >= 15 is 0 Å². The number of carboxylic acid groups (broad SMARTS) is 1. The zero-order chi connectivity index (χ0) is 15.0. The van der Waals surface area contributed by atoms with Crippen LogP contribution in [0.25, 0.3) is 0 Å². The van der Waals surface area contributed by atoms with Crippen LogP contribution in [0, 0.1) is 0 Å². The van der Waals surface area contributed by atoms with Gasteiger partial charge in [0.2, 0.25) is 5.91 Å². The van der Waals surface area contributed by atoms with Crippen molar-refractivity contribution in [2.45, 2.75) is 32.4 Å². The Bertz CT molecular complexity index is 332. The zero-order valence-electron chi connectivity index (χ0n) is 11.3. The molecule has 0 saturated heterocycles. The minimum Gasteiger partial charge on any atom is -0.480 e. The van der Waals surface area contributed by atoms with Crippen molar-refractivity contribution in [3.8, 4) is 0 Å². The Morgan fingerprint density at radius 2 is 1.79 bits per heavy atom. The minimum atomic E-state index is -1.23. The van der Waals surface area contributed by atoms with Crippen molar-refractivity contribution in [1.29, 1.82) is 0 Å². The number of hydrogen-bond acceptors (Lipinski definition) is 4. The third-order valence-electron chi connectivity index (χ3n) is 2.19. The van der Waals surface area contributed by atoms with E-state index in [2.05, 4.69) is 10.6 Å². The van der Waals surface area contributed by atoms with E-state index in [0.29, 0.717) is 0 Å². The first-order chi connectivity index (χ1) is 8.77. The van der Waals surface area contributed by atoms with Gasteiger partial charge in [0.05, 0.1) is 0 Å². The number of aliphatic hydroxyl groups is 1. The summed E-state index contributed by atoms with van der Waals surface area (Å²) in [6.07, 6.45) is -0.0902. The standard InChI is InChI=1S/C11H21N3O5/c1-7(2)12-9(16)6-14(3)11(19)13-8(4-5-15)10(17)18/h7-8,15H,4-6H2,1-3H3,(H,12,16)(H,13,19)(H,17,18)/t8-/m0/s1. The minimum absolute atomic E-state index is 0.0369. The van der Waals surface area contributed by atoms with Crippen LogP contribution >= 0.6 is 0 Å². The van der Waals surface area contributed by atoms with Crippen molar-refractivity contribution >= 4 is 17.9 Å². The molecule has 0 heterocycles. The molecule has 8 nitrogen and oxygen atoms in total. The smallest absolute Gasteiger partial charge is 0.326 e. The van der Waals surface area contributed by atoms with Crippen molar-refractivity contribution in [1.82, 2.24) is 15.5 Å². The van der Waals surface area contributed by atoms with Crippen LogP contribution in [0.2, 0.25) is 0 Å². The van der Waals surface area contributed by atoms with E-state index < -0.39 is 18.0 Å². The number of likely N-dealkylation sites (N-methyl/N-ethyl adjacent to an activating group) is 1. The first kappa shape index (κ1) is 17.2. The number of carbonyl (C=O) groups excluding carboxylic acids is 2. The second-order valence-corrected chi connectivity index (χ2v) is 4.43. The lowest BCUT2D eigenvalue weighted by Gasteiger charge is -2.21. The molecular weight excluding hydrogens is 254 g/mol. The number of hydrogen-bond donors (Lipinski definition) is 4. The summed E-state index contributed by atoms with van der Waals surface area (Å²) in [7, 11) is 1.38. The Balaban J connectivity index is 4.32. The van der Waals surface area contributed by atoms with Crippen molar-refractivity contribution in [3.05, 3.63) is 0 Å². The molecule has 19 heavy (non-hydrogen) atoms. The molecule has 8 heteroatoms. The topological polar surface area (TPSA) is 119 Å². The number of nitrogens with zero attached hydrogens (tertiary/aromatic N) is 1. The molecule has 0 unspecified atom stereocenters. The lowest BCUT2D eigenvalue weighted by molar-refractivity contribution is -0.139. The molecule has 3 amide bonds. The zero-order valence-corrected chi connectivity index (χ0v) is 11.3. The molecule has 0 rings (SSSR count). The number of aliphatic hydroxyl groups excluding tert-OH is 1. The van der Waals surface area contributed by atoms with Crippen molar-refractivity contribution < 1.29 is 24.6 Å². The highest BCUT2D eigenvalue weighted by molar-refractivity contribution is 5.86. The lowest BCUT2D eigenvalue weighted by atomic mass is 10.2. The van der Waals surface area contributed by atoms with Gasteiger partial charge in [-0.15, -0.1) is 0 Å². The van der Waals surface area contributed by atoms with Gasteiger partial charge in [-0.05, 0) is 13.8 Å². The number of nitrogens with one attached hydrogen (secondary N) is 2. The van der Waals surface area contributed by atoms with Crippen molar-refractivity contribution in [2.75, 3.05) is 20.2 Å². The molecule has 0 aromatic rings. The van der Waals surface area contributed by atoms with Crippen LogP contribution in [0.1, 0.15) is 20.3 Å². The van der Waals surface area contributed by atoms with Crippen molar-refractivity contribution in [2.24, 2.45) is 0 Å². The quantitative estimate of drug-likeness (QED) is 0.474. The summed E-state index contributed by atoms with van der Waals surface area (Å²) in [5.41, 5.74) is 0. The Kier molecular flexibility index (Phi) is 7.50. The molecule has 110 valence electrons. The first-order valence-electron chi connectivity index (χ1n) is 5.92. The molecular formula is C11H21N3O5. The van der Waals surface area contributed by atoms with Crippen LogP contribution < -0.4 is 10.6 Å². The van der Waals surface area contributed by atoms with Gasteiger partial charge in [0.25, 0.3) is 0 Å². The molecule has 4 N–H and O–H groups in total. The van der Waals surface area contributed by atoms with Gasteiger partial charge in [0.1, 0.15) is 12.6 Å². The highest BCUT2D eigenvalue weighted by atomic mass is 16.4. The van der Waals surface area contributed by atoms with Gasteiger partial charge in [-0.3, -0.25) is 4.79 Å². The third-order valence-corrected chi connectivity index (χ3v) is 2.19. The van der Waals surface area contributed by atoms with Gasteiger partial charge in [-0.25, -0.2) is 9.59 Å². The van der Waals surface area contributed by atoms with E-state index in [1.165, 1.54) is 7.05 Å². The van der Waals surface area contributed by atoms with Crippen LogP contribution in [-0.4, -0.2) is 65.3 Å². The normalized spacial score (nSPS) is 11.8. The SMILES string of the molecule is CC(C)NC(=O)CN(C)C(=O)N[C@@H](CCO)C(=O)O. The van der Waals surface area contributed by atoms with E-state index in [1.54, 1.807) is 13.8 Å². The molecule has 0 aromatic carbocycles. The highest BCUT2D eigenvalue weighted by Gasteiger charge is 2.22. The summed E-state index contributed by atoms with van der Waals surface area (Å²) in [5, 5.41) is 22.3. The molecule has 1 atom stereocenters. The molecule has 0 aliphatic carbocycles. The second kappa shape index (κ2) is 8.30. The van der Waals surface area contributed by atoms with Gasteiger partial charge >= 0.3 is 12.0 Å². The fourth-order valence-electron chi connectivity index (χ4n) is 1.30. The number of carboxylic acids is 1. The summed E-state index contributed by atoms with van der Waals surface area (Å²) in [4.78, 5) is 34.9. The van der Waals surface area contributed by atoms with Crippen LogP contribution in [0.4, 0.5) is 4.79 Å². The number of rotatable bonds is 7. The van der Waals surface area contributed by atoms with Crippen LogP contribution in [-0.2, 0) is 9.59 Å². The summed E-state index contributed by atoms with van der Waals surface area (Å²) in [5.74, 6) is -1.57. The fraction of sp³-hybridized carbons (Fsp3) is 0.727. The van der Waals surface area contributed by atoms with Gasteiger partial charge < -0.3 is 25.7 Å². The number of urea groups is 1. The highest BCUT2D eigenvalue weighted by Crippen LogP contribution is 1.94. The second-order valence-electron chi connectivity index (χ2n) is 4.43. The van der Waals surface area contributed by atoms with Crippen LogP contribution in [0.3, 0.4) is 0 Å². The van der Waals surface area contributed by atoms with E-state index in [4.69, 9.17) is 10.2 Å². The number of carbonyl (C=O) groups is 3. The molecule has 0 radical (unpaired) electrons. The monoisotopic (exact) mass is 275 g/mol. The number of aliphatic carboxylic acids is 1. The van der Waals surface area contributed by atoms with Crippen molar-refractivity contribution in [3.63, 3.8) is 0 Å². The predicted octanol–water partition coefficient (Wildman–Crippen LogP) is -1.01. The molecule has 0 aliphatic rings. The van der Waals surface area contributed by atoms with E-state index in [0.717, 1.165) is 4.90 Å². The molecule has 0 aliphatic heterocycles. The first-order valence-corrected chi connectivity index (χ1v) is 5.92. The Hall–Kier alpha value is -1.83. The number of amides is 3.